The van der Waals surface area contributed by atoms with Crippen LogP contribution in [0, 0.1) is 5.92 Å². The van der Waals surface area contributed by atoms with Gasteiger partial charge in [-0.05, 0) is 37.1 Å². The fourth-order valence-electron chi connectivity index (χ4n) is 3.87. The Labute approximate surface area is 188 Å². The second kappa shape index (κ2) is 7.37. The van der Waals surface area contributed by atoms with Gasteiger partial charge in [-0.15, -0.1) is 5.10 Å². The molecule has 0 atom stereocenters. The molecule has 0 unspecified atom stereocenters. The first-order valence-corrected chi connectivity index (χ1v) is 10.7. The van der Waals surface area contributed by atoms with E-state index in [9.17, 15) is 4.79 Å². The highest BCUT2D eigenvalue weighted by molar-refractivity contribution is 6.03. The lowest BCUT2D eigenvalue weighted by Crippen LogP contribution is -2.14. The smallest absolute Gasteiger partial charge is 0.228 e. The molecule has 33 heavy (non-hydrogen) atoms. The fraction of sp³-hybridized carbons (Fsp3) is 0.217. The average molecular weight is 439 g/mol. The summed E-state index contributed by atoms with van der Waals surface area (Å²) in [6, 6.07) is 7.71. The molecule has 1 amide bonds. The summed E-state index contributed by atoms with van der Waals surface area (Å²) in [5, 5.41) is 16.9. The van der Waals surface area contributed by atoms with Gasteiger partial charge in [-0.2, -0.15) is 5.10 Å². The van der Waals surface area contributed by atoms with Crippen LogP contribution in [0.4, 0.5) is 11.6 Å². The second-order valence-electron chi connectivity index (χ2n) is 8.18. The first-order chi connectivity index (χ1) is 16.1. The molecule has 10 nitrogen and oxygen atoms in total. The normalized spacial score (nSPS) is 13.5. The quantitative estimate of drug-likeness (QED) is 0.432. The van der Waals surface area contributed by atoms with Crippen molar-refractivity contribution in [3.8, 4) is 22.6 Å². The number of nitrogens with one attached hydrogen (secondary N) is 2. The summed E-state index contributed by atoms with van der Waals surface area (Å²) in [4.78, 5) is 25.9. The summed E-state index contributed by atoms with van der Waals surface area (Å²) in [5.74, 6) is 1.86. The number of nitrogens with zero attached hydrogens (tertiary/aromatic N) is 7. The molecule has 164 valence electrons. The van der Waals surface area contributed by atoms with E-state index in [2.05, 4.69) is 25.7 Å². The first-order valence-electron chi connectivity index (χ1n) is 10.7. The van der Waals surface area contributed by atoms with Crippen molar-refractivity contribution in [2.45, 2.75) is 12.8 Å². The molecule has 0 bridgehead atoms. The molecule has 6 rings (SSSR count). The van der Waals surface area contributed by atoms with E-state index in [0.717, 1.165) is 40.4 Å². The van der Waals surface area contributed by atoms with Crippen LogP contribution in [0.25, 0.3) is 39.1 Å². The van der Waals surface area contributed by atoms with Gasteiger partial charge in [0.2, 0.25) is 5.91 Å². The number of rotatable bonds is 5. The first kappa shape index (κ1) is 19.4. The van der Waals surface area contributed by atoms with Gasteiger partial charge in [0.25, 0.3) is 0 Å². The minimum absolute atomic E-state index is 0.0132. The molecule has 0 aliphatic heterocycles. The number of anilines is 2. The lowest BCUT2D eigenvalue weighted by molar-refractivity contribution is -0.117. The van der Waals surface area contributed by atoms with Gasteiger partial charge >= 0.3 is 0 Å². The predicted octanol–water partition coefficient (Wildman–Crippen LogP) is 3.13. The van der Waals surface area contributed by atoms with Crippen molar-refractivity contribution in [2.24, 2.45) is 13.0 Å². The van der Waals surface area contributed by atoms with Gasteiger partial charge in [-0.3, -0.25) is 9.48 Å². The van der Waals surface area contributed by atoms with E-state index in [4.69, 9.17) is 10.1 Å². The van der Waals surface area contributed by atoms with Crippen molar-refractivity contribution in [1.82, 2.24) is 34.3 Å². The van der Waals surface area contributed by atoms with Crippen LogP contribution in [0.5, 0.6) is 0 Å². The summed E-state index contributed by atoms with van der Waals surface area (Å²) in [7, 11) is 3.70. The Kier molecular flexibility index (Phi) is 4.32. The Morgan fingerprint density at radius 2 is 1.97 bits per heavy atom. The van der Waals surface area contributed by atoms with E-state index in [0.29, 0.717) is 23.1 Å². The van der Waals surface area contributed by atoms with Crippen molar-refractivity contribution in [1.29, 1.82) is 0 Å². The molecule has 2 N–H and O–H groups in total. The topological polar surface area (TPSA) is 115 Å². The van der Waals surface area contributed by atoms with Crippen LogP contribution >= 0.6 is 0 Å². The Morgan fingerprint density at radius 3 is 2.73 bits per heavy atom. The highest BCUT2D eigenvalue weighted by Gasteiger charge is 2.30. The van der Waals surface area contributed by atoms with Gasteiger partial charge in [-0.25, -0.2) is 19.5 Å². The third-order valence-corrected chi connectivity index (χ3v) is 5.79. The molecule has 1 aliphatic carbocycles. The van der Waals surface area contributed by atoms with Crippen molar-refractivity contribution < 1.29 is 4.79 Å². The average Bonchev–Trinajstić information content (AvgIpc) is 3.46. The van der Waals surface area contributed by atoms with E-state index < -0.39 is 0 Å². The molecule has 10 heteroatoms. The summed E-state index contributed by atoms with van der Waals surface area (Å²) in [5.41, 5.74) is 3.29. The maximum Gasteiger partial charge on any atom is 0.228 e. The highest BCUT2D eigenvalue weighted by atomic mass is 16.2. The standard InChI is InChI=1S/C23H21N9O/c1-24-21-16-10-25-19(27-23(33)13-3-4-13)9-15(16)17(11-26-21)22-28-20-6-5-14(12-32(20)30-22)18-7-8-31(2)29-18/h5-13H,3-4H2,1-2H3,(H,24,26)(H,25,27,33). The lowest BCUT2D eigenvalue weighted by Gasteiger charge is -2.10. The molecule has 5 aromatic heterocycles. The zero-order valence-electron chi connectivity index (χ0n) is 18.1. The van der Waals surface area contributed by atoms with Crippen LogP contribution in [0.2, 0.25) is 0 Å². The van der Waals surface area contributed by atoms with Gasteiger partial charge in [0.15, 0.2) is 11.5 Å². The molecular weight excluding hydrogens is 418 g/mol. The Bertz CT molecular complexity index is 1530. The van der Waals surface area contributed by atoms with Gasteiger partial charge in [0.1, 0.15) is 11.6 Å². The van der Waals surface area contributed by atoms with Crippen LogP contribution in [0.3, 0.4) is 0 Å². The maximum atomic E-state index is 12.2. The number of amides is 1. The number of aromatic nitrogens is 7. The van der Waals surface area contributed by atoms with E-state index in [1.807, 2.05) is 50.8 Å². The van der Waals surface area contributed by atoms with Crippen LogP contribution in [-0.2, 0) is 11.8 Å². The minimum atomic E-state index is 0.0132. The minimum Gasteiger partial charge on any atom is -0.373 e. The summed E-state index contributed by atoms with van der Waals surface area (Å²) < 4.78 is 3.51. The number of aryl methyl sites for hydroxylation is 1. The third-order valence-electron chi connectivity index (χ3n) is 5.79. The lowest BCUT2D eigenvalue weighted by atomic mass is 10.1. The SMILES string of the molecule is CNc1ncc(-c2nc3ccc(-c4ccn(C)n4)cn3n2)c2cc(NC(=O)C3CC3)ncc12. The Morgan fingerprint density at radius 1 is 1.09 bits per heavy atom. The number of carbonyl (C=O) groups excluding carboxylic acids is 1. The molecular formula is C23H21N9O. The molecule has 1 saturated carbocycles. The van der Waals surface area contributed by atoms with Crippen LogP contribution in [0.1, 0.15) is 12.8 Å². The third kappa shape index (κ3) is 3.45. The number of fused-ring (bicyclic) bond motifs is 2. The molecule has 0 radical (unpaired) electrons. The van der Waals surface area contributed by atoms with Crippen molar-refractivity contribution in [2.75, 3.05) is 17.7 Å². The van der Waals surface area contributed by atoms with E-state index >= 15 is 0 Å². The molecule has 5 heterocycles. The van der Waals surface area contributed by atoms with Crippen molar-refractivity contribution in [3.63, 3.8) is 0 Å². The van der Waals surface area contributed by atoms with E-state index in [-0.39, 0.29) is 11.8 Å². The van der Waals surface area contributed by atoms with Crippen LogP contribution in [0.15, 0.2) is 49.1 Å². The number of carbonyl (C=O) groups is 1. The second-order valence-corrected chi connectivity index (χ2v) is 8.18. The van der Waals surface area contributed by atoms with Gasteiger partial charge in [-0.1, -0.05) is 0 Å². The molecule has 1 aliphatic rings. The Balaban J connectivity index is 1.45. The Hall–Kier alpha value is -4.34. The highest BCUT2D eigenvalue weighted by Crippen LogP contribution is 2.33. The van der Waals surface area contributed by atoms with E-state index in [1.165, 1.54) is 0 Å². The largest absolute Gasteiger partial charge is 0.373 e. The maximum absolute atomic E-state index is 12.2. The fourth-order valence-corrected chi connectivity index (χ4v) is 3.87. The summed E-state index contributed by atoms with van der Waals surface area (Å²) in [6.45, 7) is 0. The van der Waals surface area contributed by atoms with Crippen molar-refractivity contribution in [3.05, 3.63) is 49.1 Å². The predicted molar refractivity (Wildman–Crippen MR) is 125 cm³/mol. The van der Waals surface area contributed by atoms with E-state index in [1.54, 1.807) is 21.6 Å². The van der Waals surface area contributed by atoms with Gasteiger partial charge in [0, 0.05) is 66.7 Å². The van der Waals surface area contributed by atoms with Gasteiger partial charge < -0.3 is 10.6 Å². The number of pyridine rings is 3. The molecule has 0 saturated heterocycles. The van der Waals surface area contributed by atoms with Crippen LogP contribution in [-0.4, -0.2) is 47.3 Å². The molecule has 0 aromatic carbocycles. The molecule has 5 aromatic rings. The zero-order chi connectivity index (χ0) is 22.5. The van der Waals surface area contributed by atoms with Crippen LogP contribution < -0.4 is 10.6 Å². The van der Waals surface area contributed by atoms with Crippen molar-refractivity contribution >= 4 is 34.0 Å². The monoisotopic (exact) mass is 439 g/mol. The summed E-state index contributed by atoms with van der Waals surface area (Å²) in [6.07, 6.45) is 9.15. The van der Waals surface area contributed by atoms with Gasteiger partial charge in [0.05, 0.1) is 5.69 Å². The summed E-state index contributed by atoms with van der Waals surface area (Å²) >= 11 is 0. The molecule has 1 fully saturated rings. The number of hydrogen-bond acceptors (Lipinski definition) is 7. The zero-order valence-corrected chi connectivity index (χ0v) is 18.1. The number of hydrogen-bond donors (Lipinski definition) is 2. The molecule has 0 spiro atoms.